The highest BCUT2D eigenvalue weighted by Crippen LogP contribution is 2.28. The third-order valence-corrected chi connectivity index (χ3v) is 5.48. The molecular weight excluding hydrogens is 376 g/mol. The molecule has 0 aliphatic carbocycles. The maximum Gasteiger partial charge on any atom is 0.145 e. The van der Waals surface area contributed by atoms with E-state index in [9.17, 15) is 0 Å². The Morgan fingerprint density at radius 1 is 0.600 bits per heavy atom. The summed E-state index contributed by atoms with van der Waals surface area (Å²) in [5, 5.41) is 13.3. The van der Waals surface area contributed by atoms with Crippen LogP contribution in [0.15, 0.2) is 60.9 Å². The Bertz CT molecular complexity index is 1290. The molecule has 8 N–H and O–H groups in total. The minimum Gasteiger partial charge on any atom is -0.394 e. The largest absolute Gasteiger partial charge is 0.394 e. The lowest BCUT2D eigenvalue weighted by atomic mass is 9.97. The molecule has 0 saturated heterocycles. The van der Waals surface area contributed by atoms with Gasteiger partial charge in [-0.05, 0) is 56.9 Å². The number of aromatic nitrogens is 4. The van der Waals surface area contributed by atoms with E-state index in [1.165, 1.54) is 10.8 Å². The highest BCUT2D eigenvalue weighted by atomic mass is 15.3. The maximum absolute atomic E-state index is 6.09. The number of anilines is 4. The van der Waals surface area contributed by atoms with Gasteiger partial charge >= 0.3 is 0 Å². The van der Waals surface area contributed by atoms with Crippen molar-refractivity contribution in [3.63, 3.8) is 0 Å². The van der Waals surface area contributed by atoms with Crippen molar-refractivity contribution >= 4 is 44.6 Å². The van der Waals surface area contributed by atoms with E-state index in [1.54, 1.807) is 21.8 Å². The van der Waals surface area contributed by atoms with Gasteiger partial charge in [0, 0.05) is 0 Å². The van der Waals surface area contributed by atoms with Crippen LogP contribution in [0.4, 0.5) is 23.0 Å². The van der Waals surface area contributed by atoms with Crippen molar-refractivity contribution in [3.05, 3.63) is 72.1 Å². The topological polar surface area (TPSA) is 140 Å². The first-order valence-corrected chi connectivity index (χ1v) is 9.57. The molecular formula is C22H22N8. The van der Waals surface area contributed by atoms with Gasteiger partial charge in [0.25, 0.3) is 0 Å². The smallest absolute Gasteiger partial charge is 0.145 e. The van der Waals surface area contributed by atoms with E-state index in [0.717, 1.165) is 21.9 Å². The number of hydrogen-bond donors (Lipinski definition) is 4. The summed E-state index contributed by atoms with van der Waals surface area (Å²) in [7, 11) is 0. The molecule has 0 aliphatic heterocycles. The lowest BCUT2D eigenvalue weighted by Crippen LogP contribution is -2.12. The number of nitrogens with two attached hydrogens (primary N) is 4. The quantitative estimate of drug-likeness (QED) is 0.343. The molecule has 2 heterocycles. The first kappa shape index (κ1) is 17.9. The third-order valence-electron chi connectivity index (χ3n) is 5.48. The predicted molar refractivity (Wildman–Crippen MR) is 122 cm³/mol. The second-order valence-corrected chi connectivity index (χ2v) is 7.45. The van der Waals surface area contributed by atoms with Crippen LogP contribution < -0.4 is 22.9 Å². The van der Waals surface area contributed by atoms with Gasteiger partial charge in [0.15, 0.2) is 0 Å². The standard InChI is InChI=1S/C22H22N8/c23-19-9-27-29(21(19)25)11-17-7-15-5-13-3-1-2-4-14(13)6-16(15)8-18(17)12-30-22(26)20(24)10-28-30/h1-10H,11-12,23-26H2. The van der Waals surface area contributed by atoms with E-state index in [0.29, 0.717) is 36.1 Å². The summed E-state index contributed by atoms with van der Waals surface area (Å²) in [5.41, 5.74) is 27.0. The second-order valence-electron chi connectivity index (χ2n) is 7.45. The van der Waals surface area contributed by atoms with E-state index in [2.05, 4.69) is 46.6 Å². The van der Waals surface area contributed by atoms with E-state index in [-0.39, 0.29) is 0 Å². The molecule has 0 aliphatic rings. The Morgan fingerprint density at radius 2 is 1.03 bits per heavy atom. The number of nitrogen functional groups attached to an aromatic ring is 4. The summed E-state index contributed by atoms with van der Waals surface area (Å²) in [6.07, 6.45) is 3.13. The first-order chi connectivity index (χ1) is 14.5. The monoisotopic (exact) mass is 398 g/mol. The van der Waals surface area contributed by atoms with Crippen molar-refractivity contribution < 1.29 is 0 Å². The van der Waals surface area contributed by atoms with Crippen LogP contribution in [-0.2, 0) is 13.1 Å². The van der Waals surface area contributed by atoms with E-state index >= 15 is 0 Å². The molecule has 0 amide bonds. The number of fused-ring (bicyclic) bond motifs is 2. The fraction of sp³-hybridized carbons (Fsp3) is 0.0909. The molecule has 0 spiro atoms. The summed E-state index contributed by atoms with van der Waals surface area (Å²) in [5.74, 6) is 0.893. The second kappa shape index (κ2) is 6.70. The Labute approximate surface area is 172 Å². The van der Waals surface area contributed by atoms with Crippen LogP contribution in [0.3, 0.4) is 0 Å². The molecule has 0 radical (unpaired) electrons. The predicted octanol–water partition coefficient (Wildman–Crippen LogP) is 2.81. The molecule has 30 heavy (non-hydrogen) atoms. The average Bonchev–Trinajstić information content (AvgIpc) is 3.23. The van der Waals surface area contributed by atoms with Gasteiger partial charge in [-0.3, -0.25) is 0 Å². The zero-order valence-corrected chi connectivity index (χ0v) is 16.3. The Balaban J connectivity index is 1.67. The van der Waals surface area contributed by atoms with E-state index in [1.807, 2.05) is 12.1 Å². The Morgan fingerprint density at radius 3 is 1.40 bits per heavy atom. The molecule has 8 heteroatoms. The SMILES string of the molecule is Nc1cnn(Cc2cc3cc4ccccc4cc3cc2Cn2ncc(N)c2N)c1N. The lowest BCUT2D eigenvalue weighted by molar-refractivity contribution is 0.663. The number of rotatable bonds is 4. The number of hydrogen-bond acceptors (Lipinski definition) is 6. The van der Waals surface area contributed by atoms with Gasteiger partial charge in [0.05, 0.1) is 36.9 Å². The van der Waals surface area contributed by atoms with Gasteiger partial charge in [-0.25, -0.2) is 9.36 Å². The Hall–Kier alpha value is -4.20. The summed E-state index contributed by atoms with van der Waals surface area (Å²) in [6.45, 7) is 0.968. The number of benzene rings is 3. The Kier molecular flexibility index (Phi) is 3.99. The highest BCUT2D eigenvalue weighted by molar-refractivity contribution is 5.98. The van der Waals surface area contributed by atoms with Crippen LogP contribution in [-0.4, -0.2) is 19.6 Å². The van der Waals surface area contributed by atoms with Crippen LogP contribution in [0, 0.1) is 0 Å². The molecule has 2 aromatic heterocycles. The molecule has 0 bridgehead atoms. The van der Waals surface area contributed by atoms with E-state index < -0.39 is 0 Å². The first-order valence-electron chi connectivity index (χ1n) is 9.57. The molecule has 0 unspecified atom stereocenters. The van der Waals surface area contributed by atoms with Gasteiger partial charge in [-0.15, -0.1) is 0 Å². The zero-order valence-electron chi connectivity index (χ0n) is 16.3. The fourth-order valence-corrected chi connectivity index (χ4v) is 3.77. The van der Waals surface area contributed by atoms with Crippen LogP contribution in [0.5, 0.6) is 0 Å². The molecule has 8 nitrogen and oxygen atoms in total. The van der Waals surface area contributed by atoms with Crippen LogP contribution in [0.2, 0.25) is 0 Å². The maximum atomic E-state index is 6.09. The summed E-state index contributed by atoms with van der Waals surface area (Å²) >= 11 is 0. The average molecular weight is 398 g/mol. The van der Waals surface area contributed by atoms with Gasteiger partial charge in [0.1, 0.15) is 11.6 Å². The fourth-order valence-electron chi connectivity index (χ4n) is 3.77. The number of nitrogens with zero attached hydrogens (tertiary/aromatic N) is 4. The summed E-state index contributed by atoms with van der Waals surface area (Å²) in [4.78, 5) is 0. The summed E-state index contributed by atoms with van der Waals surface area (Å²) in [6, 6.07) is 17.0. The van der Waals surface area contributed by atoms with Crippen molar-refractivity contribution in [2.24, 2.45) is 0 Å². The van der Waals surface area contributed by atoms with Crippen LogP contribution in [0.25, 0.3) is 21.5 Å². The van der Waals surface area contributed by atoms with Crippen molar-refractivity contribution in [1.29, 1.82) is 0 Å². The zero-order chi connectivity index (χ0) is 20.8. The molecule has 5 rings (SSSR count). The minimum absolute atomic E-state index is 0.447. The van der Waals surface area contributed by atoms with Crippen molar-refractivity contribution in [2.75, 3.05) is 22.9 Å². The molecule has 0 saturated carbocycles. The van der Waals surface area contributed by atoms with Crippen molar-refractivity contribution in [1.82, 2.24) is 19.6 Å². The minimum atomic E-state index is 0.447. The van der Waals surface area contributed by atoms with Gasteiger partial charge in [-0.2, -0.15) is 10.2 Å². The van der Waals surface area contributed by atoms with E-state index in [4.69, 9.17) is 22.9 Å². The molecule has 0 atom stereocenters. The van der Waals surface area contributed by atoms with Gasteiger partial charge in [0.2, 0.25) is 0 Å². The highest BCUT2D eigenvalue weighted by Gasteiger charge is 2.13. The van der Waals surface area contributed by atoms with Gasteiger partial charge < -0.3 is 22.9 Å². The molecule has 150 valence electrons. The van der Waals surface area contributed by atoms with Gasteiger partial charge in [-0.1, -0.05) is 24.3 Å². The lowest BCUT2D eigenvalue weighted by Gasteiger charge is -2.14. The normalized spacial score (nSPS) is 11.5. The molecule has 5 aromatic rings. The molecule has 3 aromatic carbocycles. The van der Waals surface area contributed by atoms with Crippen molar-refractivity contribution in [2.45, 2.75) is 13.1 Å². The van der Waals surface area contributed by atoms with Crippen LogP contribution in [0.1, 0.15) is 11.1 Å². The molecule has 0 fully saturated rings. The van der Waals surface area contributed by atoms with Crippen LogP contribution >= 0.6 is 0 Å². The third kappa shape index (κ3) is 2.95. The van der Waals surface area contributed by atoms with Crippen molar-refractivity contribution in [3.8, 4) is 0 Å². The summed E-state index contributed by atoms with van der Waals surface area (Å²) < 4.78 is 3.39.